The Morgan fingerprint density at radius 3 is 2.46 bits per heavy atom. The first-order valence-corrected chi connectivity index (χ1v) is 12.5. The van der Waals surface area contributed by atoms with E-state index in [9.17, 15) is 14.4 Å². The second-order valence-corrected chi connectivity index (χ2v) is 10.4. The molecule has 35 heavy (non-hydrogen) atoms. The Hall–Kier alpha value is -3.19. The maximum atomic E-state index is 13.2. The summed E-state index contributed by atoms with van der Waals surface area (Å²) in [6.07, 6.45) is 3.08. The van der Waals surface area contributed by atoms with Crippen LogP contribution in [0.1, 0.15) is 66.6 Å². The molecule has 3 aliphatic heterocycles. The van der Waals surface area contributed by atoms with Gasteiger partial charge in [-0.1, -0.05) is 37.3 Å². The van der Waals surface area contributed by atoms with Crippen molar-refractivity contribution in [2.24, 2.45) is 5.92 Å². The summed E-state index contributed by atoms with van der Waals surface area (Å²) in [6.45, 7) is 8.06. The van der Waals surface area contributed by atoms with Crippen LogP contribution >= 0.6 is 0 Å². The first-order chi connectivity index (χ1) is 16.8. The van der Waals surface area contributed by atoms with Gasteiger partial charge in [-0.2, -0.15) is 0 Å². The molecule has 0 aromatic heterocycles. The van der Waals surface area contributed by atoms with Gasteiger partial charge in [0.2, 0.25) is 5.91 Å². The molecule has 2 aromatic carbocycles. The number of carbonyl (C=O) groups is 3. The summed E-state index contributed by atoms with van der Waals surface area (Å²) in [5.41, 5.74) is 2.67. The fourth-order valence-corrected chi connectivity index (χ4v) is 5.27. The number of ether oxygens (including phenoxy) is 1. The topological polar surface area (TPSA) is 79.0 Å². The Labute approximate surface area is 206 Å². The molecule has 0 spiro atoms. The zero-order chi connectivity index (χ0) is 24.6. The van der Waals surface area contributed by atoms with Crippen molar-refractivity contribution in [1.29, 1.82) is 0 Å². The van der Waals surface area contributed by atoms with Crippen LogP contribution in [0.4, 0.5) is 0 Å². The van der Waals surface area contributed by atoms with Gasteiger partial charge in [-0.25, -0.2) is 0 Å². The van der Waals surface area contributed by atoms with Crippen LogP contribution < -0.4 is 10.1 Å². The lowest BCUT2D eigenvalue weighted by molar-refractivity contribution is -0.142. The van der Waals surface area contributed by atoms with Crippen LogP contribution in [0.15, 0.2) is 42.5 Å². The van der Waals surface area contributed by atoms with Crippen molar-refractivity contribution in [3.05, 3.63) is 64.7 Å². The van der Waals surface area contributed by atoms with Gasteiger partial charge in [0.25, 0.3) is 11.8 Å². The van der Waals surface area contributed by atoms with Crippen molar-refractivity contribution in [3.8, 4) is 5.75 Å². The molecule has 2 aromatic rings. The molecule has 7 nitrogen and oxygen atoms in total. The monoisotopic (exact) mass is 475 g/mol. The number of benzene rings is 2. The number of hydrogen-bond acceptors (Lipinski definition) is 5. The molecule has 0 aliphatic carbocycles. The second-order valence-electron chi connectivity index (χ2n) is 10.4. The minimum absolute atomic E-state index is 0.200. The summed E-state index contributed by atoms with van der Waals surface area (Å²) in [7, 11) is 0. The summed E-state index contributed by atoms with van der Waals surface area (Å²) in [5.74, 6) is 0.572. The average molecular weight is 476 g/mol. The highest BCUT2D eigenvalue weighted by molar-refractivity contribution is 6.07. The van der Waals surface area contributed by atoms with Crippen molar-refractivity contribution in [1.82, 2.24) is 15.1 Å². The SMILES string of the molecule is CC1CCN(Cc2ccc(COc3cccc4c3CN([C@@]3(C)CCC(=O)NC3=O)C4=O)cc2)CC1. The first kappa shape index (κ1) is 23.5. The van der Waals surface area contributed by atoms with Crippen LogP contribution in [0.25, 0.3) is 0 Å². The standard InChI is InChI=1S/C28H33N3O4/c1-19-11-14-30(15-12-19)16-20-6-8-21(9-7-20)18-35-24-5-3-4-22-23(24)17-31(26(22)33)28(2)13-10-25(32)29-27(28)34/h3-9,19H,10-18H2,1-2H3,(H,29,32,34)/t28-/m0/s1. The van der Waals surface area contributed by atoms with E-state index in [1.807, 2.05) is 12.1 Å². The molecule has 1 atom stereocenters. The van der Waals surface area contributed by atoms with Gasteiger partial charge < -0.3 is 9.64 Å². The largest absolute Gasteiger partial charge is 0.489 e. The predicted octanol–water partition coefficient (Wildman–Crippen LogP) is 3.65. The van der Waals surface area contributed by atoms with Crippen molar-refractivity contribution in [2.45, 2.75) is 64.8 Å². The lowest BCUT2D eigenvalue weighted by Crippen LogP contribution is -2.61. The van der Waals surface area contributed by atoms with Gasteiger partial charge in [-0.15, -0.1) is 0 Å². The molecular formula is C28H33N3O4. The molecule has 3 amide bonds. The van der Waals surface area contributed by atoms with E-state index in [0.717, 1.165) is 36.7 Å². The molecule has 0 saturated carbocycles. The van der Waals surface area contributed by atoms with Gasteiger partial charge in [0.15, 0.2) is 0 Å². The van der Waals surface area contributed by atoms with E-state index in [1.54, 1.807) is 17.9 Å². The lowest BCUT2D eigenvalue weighted by Gasteiger charge is -2.39. The lowest BCUT2D eigenvalue weighted by atomic mass is 9.89. The number of nitrogens with zero attached hydrogens (tertiary/aromatic N) is 2. The third kappa shape index (κ3) is 4.69. The summed E-state index contributed by atoms with van der Waals surface area (Å²) in [5, 5.41) is 2.38. The molecule has 0 bridgehead atoms. The third-order valence-electron chi connectivity index (χ3n) is 7.80. The van der Waals surface area contributed by atoms with Gasteiger partial charge in [0.05, 0.1) is 6.54 Å². The first-order valence-electron chi connectivity index (χ1n) is 12.5. The quantitative estimate of drug-likeness (QED) is 0.646. The van der Waals surface area contributed by atoms with Gasteiger partial charge >= 0.3 is 0 Å². The molecule has 2 fully saturated rings. The van der Waals surface area contributed by atoms with Crippen LogP contribution in [-0.4, -0.2) is 46.1 Å². The number of likely N-dealkylation sites (tertiary alicyclic amines) is 1. The number of fused-ring (bicyclic) bond motifs is 1. The summed E-state index contributed by atoms with van der Waals surface area (Å²) in [4.78, 5) is 41.5. The smallest absolute Gasteiger partial charge is 0.255 e. The van der Waals surface area contributed by atoms with E-state index in [4.69, 9.17) is 4.74 Å². The van der Waals surface area contributed by atoms with Gasteiger partial charge in [-0.3, -0.25) is 24.6 Å². The second kappa shape index (κ2) is 9.46. The maximum absolute atomic E-state index is 13.2. The fourth-order valence-electron chi connectivity index (χ4n) is 5.27. The number of imide groups is 1. The molecule has 3 aliphatic rings. The molecule has 1 N–H and O–H groups in total. The van der Waals surface area contributed by atoms with Gasteiger partial charge in [0, 0.05) is 24.1 Å². The van der Waals surface area contributed by atoms with Crippen molar-refractivity contribution in [3.63, 3.8) is 0 Å². The molecule has 0 unspecified atom stereocenters. The number of rotatable bonds is 6. The van der Waals surface area contributed by atoms with Crippen LogP contribution in [-0.2, 0) is 29.3 Å². The van der Waals surface area contributed by atoms with E-state index in [0.29, 0.717) is 24.3 Å². The van der Waals surface area contributed by atoms with Crippen LogP contribution in [0.2, 0.25) is 0 Å². The van der Waals surface area contributed by atoms with Gasteiger partial charge in [0.1, 0.15) is 17.9 Å². The molecular weight excluding hydrogens is 442 g/mol. The molecule has 184 valence electrons. The summed E-state index contributed by atoms with van der Waals surface area (Å²) < 4.78 is 6.15. The van der Waals surface area contributed by atoms with Crippen LogP contribution in [0.5, 0.6) is 5.75 Å². The van der Waals surface area contributed by atoms with Crippen molar-refractivity contribution < 1.29 is 19.1 Å². The number of piperidine rings is 2. The number of carbonyl (C=O) groups excluding carboxylic acids is 3. The molecule has 0 radical (unpaired) electrons. The highest BCUT2D eigenvalue weighted by Crippen LogP contribution is 2.38. The highest BCUT2D eigenvalue weighted by atomic mass is 16.5. The van der Waals surface area contributed by atoms with E-state index in [-0.39, 0.29) is 24.8 Å². The summed E-state index contributed by atoms with van der Waals surface area (Å²) >= 11 is 0. The Morgan fingerprint density at radius 1 is 1.03 bits per heavy atom. The summed E-state index contributed by atoms with van der Waals surface area (Å²) in [6, 6.07) is 14.0. The Balaban J connectivity index is 1.24. The number of hydrogen-bond donors (Lipinski definition) is 1. The minimum Gasteiger partial charge on any atom is -0.489 e. The Kier molecular flexibility index (Phi) is 6.36. The number of nitrogens with one attached hydrogen (secondary N) is 1. The number of amides is 3. The third-order valence-corrected chi connectivity index (χ3v) is 7.80. The normalized spacial score (nSPS) is 23.4. The zero-order valence-corrected chi connectivity index (χ0v) is 20.5. The Bertz CT molecular complexity index is 1140. The zero-order valence-electron chi connectivity index (χ0n) is 20.5. The van der Waals surface area contributed by atoms with Crippen LogP contribution in [0.3, 0.4) is 0 Å². The van der Waals surface area contributed by atoms with E-state index >= 15 is 0 Å². The van der Waals surface area contributed by atoms with Crippen molar-refractivity contribution >= 4 is 17.7 Å². The van der Waals surface area contributed by atoms with E-state index in [1.165, 1.54) is 18.4 Å². The van der Waals surface area contributed by atoms with Crippen LogP contribution in [0, 0.1) is 5.92 Å². The fraction of sp³-hybridized carbons (Fsp3) is 0.464. The predicted molar refractivity (Wildman–Crippen MR) is 132 cm³/mol. The molecule has 5 rings (SSSR count). The van der Waals surface area contributed by atoms with E-state index < -0.39 is 11.4 Å². The molecule has 2 saturated heterocycles. The Morgan fingerprint density at radius 2 is 1.74 bits per heavy atom. The highest BCUT2D eigenvalue weighted by Gasteiger charge is 2.49. The minimum atomic E-state index is -1.05. The molecule has 7 heteroatoms. The van der Waals surface area contributed by atoms with Gasteiger partial charge in [-0.05, 0) is 68.5 Å². The molecule has 3 heterocycles. The average Bonchev–Trinajstić information content (AvgIpc) is 3.20. The maximum Gasteiger partial charge on any atom is 0.255 e. The van der Waals surface area contributed by atoms with Crippen molar-refractivity contribution in [2.75, 3.05) is 13.1 Å². The van der Waals surface area contributed by atoms with E-state index in [2.05, 4.69) is 41.4 Å².